The number of para-hydroxylation sites is 2. The first-order chi connectivity index (χ1) is 12.2. The van der Waals surface area contributed by atoms with Gasteiger partial charge in [0.1, 0.15) is 5.75 Å². The molecular formula is C20H23NO4. The first-order valence-corrected chi connectivity index (χ1v) is 8.10. The molecule has 0 aromatic heterocycles. The standard InChI is InChI=1S/C20H23NO4/c1-4-8-15-11-12-18(19(13-15)23-3)25-14-20(22)21-16-9-6-7-10-17(16)24-5-2/h4,6-7,9-13H,1,5,8,14H2,2-3H3,(H,21,22). The summed E-state index contributed by atoms with van der Waals surface area (Å²) in [4.78, 5) is 12.2. The van der Waals surface area contributed by atoms with Gasteiger partial charge in [-0.1, -0.05) is 24.3 Å². The van der Waals surface area contributed by atoms with Gasteiger partial charge in [-0.15, -0.1) is 6.58 Å². The molecule has 1 N–H and O–H groups in total. The van der Waals surface area contributed by atoms with Crippen LogP contribution in [-0.4, -0.2) is 26.2 Å². The number of allylic oxidation sites excluding steroid dienone is 1. The molecule has 2 rings (SSSR count). The maximum atomic E-state index is 12.2. The average Bonchev–Trinajstić information content (AvgIpc) is 2.62. The normalized spacial score (nSPS) is 10.0. The van der Waals surface area contributed by atoms with Gasteiger partial charge < -0.3 is 19.5 Å². The van der Waals surface area contributed by atoms with E-state index in [1.54, 1.807) is 25.3 Å². The number of rotatable bonds is 9. The van der Waals surface area contributed by atoms with Crippen LogP contribution in [0.4, 0.5) is 5.69 Å². The highest BCUT2D eigenvalue weighted by Gasteiger charge is 2.11. The van der Waals surface area contributed by atoms with Crippen molar-refractivity contribution in [1.29, 1.82) is 0 Å². The highest BCUT2D eigenvalue weighted by Crippen LogP contribution is 2.28. The molecule has 2 aromatic carbocycles. The molecule has 5 heteroatoms. The fourth-order valence-electron chi connectivity index (χ4n) is 2.31. The third kappa shape index (κ3) is 5.28. The summed E-state index contributed by atoms with van der Waals surface area (Å²) in [5.74, 6) is 1.46. The van der Waals surface area contributed by atoms with Gasteiger partial charge >= 0.3 is 0 Å². The third-order valence-electron chi connectivity index (χ3n) is 3.43. The minimum absolute atomic E-state index is 0.127. The molecule has 0 atom stereocenters. The topological polar surface area (TPSA) is 56.8 Å². The lowest BCUT2D eigenvalue weighted by molar-refractivity contribution is -0.118. The average molecular weight is 341 g/mol. The first kappa shape index (κ1) is 18.4. The molecule has 0 radical (unpaired) electrons. The molecule has 2 aromatic rings. The van der Waals surface area contributed by atoms with Crippen LogP contribution in [0.15, 0.2) is 55.1 Å². The van der Waals surface area contributed by atoms with Crippen molar-refractivity contribution in [2.75, 3.05) is 25.6 Å². The lowest BCUT2D eigenvalue weighted by Gasteiger charge is -2.13. The fraction of sp³-hybridized carbons (Fsp3) is 0.250. The van der Waals surface area contributed by atoms with E-state index in [2.05, 4.69) is 11.9 Å². The second-order valence-corrected chi connectivity index (χ2v) is 5.24. The van der Waals surface area contributed by atoms with Gasteiger partial charge in [0.25, 0.3) is 5.91 Å². The van der Waals surface area contributed by atoms with E-state index in [-0.39, 0.29) is 12.5 Å². The number of amides is 1. The van der Waals surface area contributed by atoms with E-state index in [0.717, 1.165) is 12.0 Å². The summed E-state index contributed by atoms with van der Waals surface area (Å²) >= 11 is 0. The molecule has 0 unspecified atom stereocenters. The maximum absolute atomic E-state index is 12.2. The predicted molar refractivity (Wildman–Crippen MR) is 98.6 cm³/mol. The molecule has 25 heavy (non-hydrogen) atoms. The number of nitrogens with one attached hydrogen (secondary N) is 1. The Balaban J connectivity index is 1.99. The van der Waals surface area contributed by atoms with Gasteiger partial charge in [0.15, 0.2) is 18.1 Å². The Morgan fingerprint density at radius 2 is 1.92 bits per heavy atom. The van der Waals surface area contributed by atoms with E-state index in [1.165, 1.54) is 0 Å². The zero-order valence-electron chi connectivity index (χ0n) is 14.6. The van der Waals surface area contributed by atoms with Crippen molar-refractivity contribution in [2.24, 2.45) is 0 Å². The zero-order valence-corrected chi connectivity index (χ0v) is 14.6. The zero-order chi connectivity index (χ0) is 18.1. The van der Waals surface area contributed by atoms with E-state index >= 15 is 0 Å². The van der Waals surface area contributed by atoms with Gasteiger partial charge in [0, 0.05) is 0 Å². The van der Waals surface area contributed by atoms with Crippen LogP contribution >= 0.6 is 0 Å². The monoisotopic (exact) mass is 341 g/mol. The Morgan fingerprint density at radius 1 is 1.12 bits per heavy atom. The van der Waals surface area contributed by atoms with Gasteiger partial charge in [-0.3, -0.25) is 4.79 Å². The molecule has 0 aliphatic rings. The van der Waals surface area contributed by atoms with Crippen molar-refractivity contribution in [1.82, 2.24) is 0 Å². The Labute approximate surface area is 148 Å². The Kier molecular flexibility index (Phi) is 6.89. The molecular weight excluding hydrogens is 318 g/mol. The van der Waals surface area contributed by atoms with Gasteiger partial charge in [-0.2, -0.15) is 0 Å². The third-order valence-corrected chi connectivity index (χ3v) is 3.43. The molecule has 0 fully saturated rings. The van der Waals surface area contributed by atoms with Gasteiger partial charge in [0.05, 0.1) is 19.4 Å². The van der Waals surface area contributed by atoms with Crippen LogP contribution in [0, 0.1) is 0 Å². The maximum Gasteiger partial charge on any atom is 0.262 e. The molecule has 0 heterocycles. The molecule has 0 spiro atoms. The molecule has 0 saturated carbocycles. The molecule has 0 saturated heterocycles. The molecule has 0 aliphatic carbocycles. The first-order valence-electron chi connectivity index (χ1n) is 8.10. The molecule has 132 valence electrons. The minimum atomic E-state index is -0.274. The summed E-state index contributed by atoms with van der Waals surface area (Å²) < 4.78 is 16.4. The summed E-state index contributed by atoms with van der Waals surface area (Å²) in [5, 5.41) is 2.79. The summed E-state index contributed by atoms with van der Waals surface area (Å²) in [6, 6.07) is 12.9. The van der Waals surface area contributed by atoms with Crippen molar-refractivity contribution in [3.8, 4) is 17.2 Å². The lowest BCUT2D eigenvalue weighted by Crippen LogP contribution is -2.20. The van der Waals surface area contributed by atoms with E-state index < -0.39 is 0 Å². The van der Waals surface area contributed by atoms with Crippen LogP contribution in [0.1, 0.15) is 12.5 Å². The SMILES string of the molecule is C=CCc1ccc(OCC(=O)Nc2ccccc2OCC)c(OC)c1. The molecule has 0 bridgehead atoms. The van der Waals surface area contributed by atoms with Crippen LogP contribution in [0.2, 0.25) is 0 Å². The Bertz CT molecular complexity index is 727. The van der Waals surface area contributed by atoms with Crippen LogP contribution < -0.4 is 19.5 Å². The Hall–Kier alpha value is -2.95. The second kappa shape index (κ2) is 9.37. The highest BCUT2D eigenvalue weighted by molar-refractivity contribution is 5.93. The number of anilines is 1. The number of ether oxygens (including phenoxy) is 3. The van der Waals surface area contributed by atoms with Crippen molar-refractivity contribution in [3.05, 3.63) is 60.7 Å². The molecule has 1 amide bonds. The summed E-state index contributed by atoms with van der Waals surface area (Å²) in [6.07, 6.45) is 2.56. The minimum Gasteiger partial charge on any atom is -0.493 e. The number of hydrogen-bond acceptors (Lipinski definition) is 4. The Morgan fingerprint density at radius 3 is 2.64 bits per heavy atom. The van der Waals surface area contributed by atoms with Crippen LogP contribution in [0.5, 0.6) is 17.2 Å². The van der Waals surface area contributed by atoms with Gasteiger partial charge in [-0.05, 0) is 43.2 Å². The van der Waals surface area contributed by atoms with Gasteiger partial charge in [0.2, 0.25) is 0 Å². The van der Waals surface area contributed by atoms with E-state index in [0.29, 0.717) is 29.5 Å². The van der Waals surface area contributed by atoms with Crippen molar-refractivity contribution >= 4 is 11.6 Å². The molecule has 0 aliphatic heterocycles. The number of carbonyl (C=O) groups is 1. The number of carbonyl (C=O) groups excluding carboxylic acids is 1. The second-order valence-electron chi connectivity index (χ2n) is 5.24. The largest absolute Gasteiger partial charge is 0.493 e. The van der Waals surface area contributed by atoms with Crippen molar-refractivity contribution in [2.45, 2.75) is 13.3 Å². The fourth-order valence-corrected chi connectivity index (χ4v) is 2.31. The van der Waals surface area contributed by atoms with E-state index in [4.69, 9.17) is 14.2 Å². The van der Waals surface area contributed by atoms with Gasteiger partial charge in [-0.25, -0.2) is 0 Å². The van der Waals surface area contributed by atoms with Crippen LogP contribution in [0.25, 0.3) is 0 Å². The smallest absolute Gasteiger partial charge is 0.262 e. The van der Waals surface area contributed by atoms with Crippen LogP contribution in [-0.2, 0) is 11.2 Å². The summed E-state index contributed by atoms with van der Waals surface area (Å²) in [7, 11) is 1.57. The lowest BCUT2D eigenvalue weighted by atomic mass is 10.1. The van der Waals surface area contributed by atoms with E-state index in [9.17, 15) is 4.79 Å². The van der Waals surface area contributed by atoms with E-state index in [1.807, 2.05) is 37.3 Å². The number of hydrogen-bond donors (Lipinski definition) is 1. The summed E-state index contributed by atoms with van der Waals surface area (Å²) in [6.45, 7) is 6.01. The van der Waals surface area contributed by atoms with Crippen molar-refractivity contribution < 1.29 is 19.0 Å². The predicted octanol–water partition coefficient (Wildman–Crippen LogP) is 3.84. The number of benzene rings is 2. The van der Waals surface area contributed by atoms with Crippen LogP contribution in [0.3, 0.4) is 0 Å². The number of methoxy groups -OCH3 is 1. The quantitative estimate of drug-likeness (QED) is 0.704. The molecule has 5 nitrogen and oxygen atoms in total. The highest BCUT2D eigenvalue weighted by atomic mass is 16.5. The summed E-state index contributed by atoms with van der Waals surface area (Å²) in [5.41, 5.74) is 1.68. The van der Waals surface area contributed by atoms with Crippen molar-refractivity contribution in [3.63, 3.8) is 0 Å².